The Labute approximate surface area is 216 Å². The van der Waals surface area contributed by atoms with E-state index < -0.39 is 4.92 Å². The molecule has 0 amide bonds. The van der Waals surface area contributed by atoms with Crippen molar-refractivity contribution in [1.82, 2.24) is 20.2 Å². The number of benzene rings is 4. The summed E-state index contributed by atoms with van der Waals surface area (Å²) in [5.74, 6) is 1.30. The molecule has 0 bridgehead atoms. The molecule has 0 saturated heterocycles. The molecule has 6 rings (SSSR count). The van der Waals surface area contributed by atoms with Crippen molar-refractivity contribution in [2.45, 2.75) is 0 Å². The predicted molar refractivity (Wildman–Crippen MR) is 143 cm³/mol. The van der Waals surface area contributed by atoms with Gasteiger partial charge in [0.2, 0.25) is 0 Å². The SMILES string of the molecule is O=[N+]([O-])c1ccc(N2N=C(c3ccccc3)N(c3nnnn3-c3ccccc3)N=C2c2ccccc2)cc1. The standard InChI is InChI=1S/C27H19N9O2/c37-36(38)24-18-16-23(17-19-24)33-25(20-10-4-1-5-11-20)30-35(26(29-33)21-12-6-2-7-13-21)27-28-31-32-34(27)22-14-8-3-9-15-22/h1-19H. The van der Waals surface area contributed by atoms with E-state index in [0.717, 1.165) is 16.8 Å². The van der Waals surface area contributed by atoms with Gasteiger partial charge in [0.1, 0.15) is 0 Å². The number of para-hydroxylation sites is 1. The number of hydrazone groups is 2. The van der Waals surface area contributed by atoms with Crippen molar-refractivity contribution < 1.29 is 4.92 Å². The van der Waals surface area contributed by atoms with Gasteiger partial charge in [0.15, 0.2) is 11.7 Å². The lowest BCUT2D eigenvalue weighted by Gasteiger charge is -2.31. The van der Waals surface area contributed by atoms with Gasteiger partial charge in [-0.25, -0.2) is 5.01 Å². The third-order valence-electron chi connectivity index (χ3n) is 5.80. The van der Waals surface area contributed by atoms with Crippen LogP contribution in [0.15, 0.2) is 125 Å². The normalized spacial score (nSPS) is 13.2. The van der Waals surface area contributed by atoms with Crippen LogP contribution in [0.25, 0.3) is 5.69 Å². The van der Waals surface area contributed by atoms with E-state index in [1.54, 1.807) is 26.8 Å². The summed E-state index contributed by atoms with van der Waals surface area (Å²) < 4.78 is 1.59. The van der Waals surface area contributed by atoms with Crippen LogP contribution in [0, 0.1) is 10.1 Å². The predicted octanol–water partition coefficient (Wildman–Crippen LogP) is 4.62. The van der Waals surface area contributed by atoms with Crippen molar-refractivity contribution in [3.05, 3.63) is 137 Å². The molecule has 0 aliphatic carbocycles. The van der Waals surface area contributed by atoms with Gasteiger partial charge in [0, 0.05) is 23.3 Å². The molecule has 11 heteroatoms. The van der Waals surface area contributed by atoms with E-state index in [1.165, 1.54) is 12.1 Å². The molecule has 1 aromatic heterocycles. The highest BCUT2D eigenvalue weighted by molar-refractivity contribution is 6.19. The number of anilines is 2. The van der Waals surface area contributed by atoms with Crippen LogP contribution in [-0.2, 0) is 0 Å². The first kappa shape index (κ1) is 22.7. The number of hydrogen-bond donors (Lipinski definition) is 0. The van der Waals surface area contributed by atoms with Crippen LogP contribution >= 0.6 is 0 Å². The third-order valence-corrected chi connectivity index (χ3v) is 5.80. The summed E-state index contributed by atoms with van der Waals surface area (Å²) in [6.45, 7) is 0. The molecular formula is C27H19N9O2. The summed E-state index contributed by atoms with van der Waals surface area (Å²) in [6.07, 6.45) is 0. The van der Waals surface area contributed by atoms with E-state index in [1.807, 2.05) is 91.0 Å². The molecule has 1 aliphatic heterocycles. The topological polar surface area (TPSA) is 118 Å². The van der Waals surface area contributed by atoms with Gasteiger partial charge < -0.3 is 0 Å². The Hall–Kier alpha value is -5.71. The summed E-state index contributed by atoms with van der Waals surface area (Å²) in [7, 11) is 0. The van der Waals surface area contributed by atoms with Crippen molar-refractivity contribution in [3.63, 3.8) is 0 Å². The molecular weight excluding hydrogens is 482 g/mol. The molecule has 0 radical (unpaired) electrons. The van der Waals surface area contributed by atoms with Crippen molar-refractivity contribution >= 4 is 29.0 Å². The number of nitro benzene ring substituents is 1. The maximum Gasteiger partial charge on any atom is 0.277 e. The van der Waals surface area contributed by atoms with E-state index >= 15 is 0 Å². The summed E-state index contributed by atoms with van der Waals surface area (Å²) >= 11 is 0. The van der Waals surface area contributed by atoms with Gasteiger partial charge in [0.25, 0.3) is 11.6 Å². The minimum absolute atomic E-state index is 0.0140. The lowest BCUT2D eigenvalue weighted by molar-refractivity contribution is -0.384. The minimum Gasteiger partial charge on any atom is -0.258 e. The van der Waals surface area contributed by atoms with Gasteiger partial charge in [-0.2, -0.15) is 9.69 Å². The summed E-state index contributed by atoms with van der Waals surface area (Å²) in [4.78, 5) is 10.8. The van der Waals surface area contributed by atoms with Gasteiger partial charge in [-0.1, -0.05) is 84.0 Å². The molecule has 0 unspecified atom stereocenters. The first-order chi connectivity index (χ1) is 18.7. The molecule has 4 aromatic carbocycles. The van der Waals surface area contributed by atoms with Crippen LogP contribution in [0.2, 0.25) is 0 Å². The molecule has 1 aliphatic rings. The molecule has 0 atom stereocenters. The molecule has 2 heterocycles. The zero-order chi connectivity index (χ0) is 25.9. The molecule has 5 aromatic rings. The average Bonchev–Trinajstić information content (AvgIpc) is 3.48. The minimum atomic E-state index is -0.435. The Morgan fingerprint density at radius 1 is 0.605 bits per heavy atom. The van der Waals surface area contributed by atoms with Crippen LogP contribution in [0.4, 0.5) is 17.3 Å². The fourth-order valence-corrected chi connectivity index (χ4v) is 3.99. The number of tetrazole rings is 1. The van der Waals surface area contributed by atoms with Crippen LogP contribution in [-0.4, -0.2) is 36.8 Å². The number of nitrogens with zero attached hydrogens (tertiary/aromatic N) is 9. The molecule has 11 nitrogen and oxygen atoms in total. The first-order valence-electron chi connectivity index (χ1n) is 11.7. The molecule has 0 N–H and O–H groups in total. The second-order valence-electron chi connectivity index (χ2n) is 8.20. The van der Waals surface area contributed by atoms with Gasteiger partial charge in [-0.05, 0) is 34.7 Å². The van der Waals surface area contributed by atoms with Crippen molar-refractivity contribution in [1.29, 1.82) is 0 Å². The number of hydrogen-bond acceptors (Lipinski definition) is 9. The average molecular weight is 502 g/mol. The van der Waals surface area contributed by atoms with Crippen LogP contribution in [0.1, 0.15) is 11.1 Å². The summed E-state index contributed by atoms with van der Waals surface area (Å²) in [5.41, 5.74) is 2.91. The van der Waals surface area contributed by atoms with Crippen molar-refractivity contribution in [2.75, 3.05) is 10.0 Å². The van der Waals surface area contributed by atoms with Crippen molar-refractivity contribution in [3.8, 4) is 5.69 Å². The van der Waals surface area contributed by atoms with Crippen LogP contribution in [0.3, 0.4) is 0 Å². The second-order valence-corrected chi connectivity index (χ2v) is 8.20. The van der Waals surface area contributed by atoms with E-state index in [0.29, 0.717) is 23.3 Å². The lowest BCUT2D eigenvalue weighted by Crippen LogP contribution is -2.42. The largest absolute Gasteiger partial charge is 0.277 e. The van der Waals surface area contributed by atoms with E-state index in [9.17, 15) is 10.1 Å². The molecule has 0 spiro atoms. The Morgan fingerprint density at radius 2 is 1.13 bits per heavy atom. The maximum atomic E-state index is 11.2. The number of non-ortho nitro benzene ring substituents is 1. The zero-order valence-electron chi connectivity index (χ0n) is 19.8. The smallest absolute Gasteiger partial charge is 0.258 e. The number of aromatic nitrogens is 4. The van der Waals surface area contributed by atoms with Gasteiger partial charge in [-0.15, -0.1) is 10.2 Å². The highest BCUT2D eigenvalue weighted by atomic mass is 16.6. The maximum absolute atomic E-state index is 11.2. The second kappa shape index (κ2) is 9.74. The van der Waals surface area contributed by atoms with E-state index in [-0.39, 0.29) is 5.69 Å². The Balaban J connectivity index is 1.55. The number of rotatable bonds is 6. The molecule has 0 fully saturated rings. The van der Waals surface area contributed by atoms with Crippen LogP contribution < -0.4 is 10.0 Å². The van der Waals surface area contributed by atoms with Crippen molar-refractivity contribution in [2.24, 2.45) is 10.2 Å². The highest BCUT2D eigenvalue weighted by Gasteiger charge is 2.31. The third kappa shape index (κ3) is 4.24. The summed E-state index contributed by atoms with van der Waals surface area (Å²) in [6, 6.07) is 34.8. The zero-order valence-corrected chi connectivity index (χ0v) is 19.8. The molecule has 0 saturated carbocycles. The van der Waals surface area contributed by atoms with Gasteiger partial charge >= 0.3 is 0 Å². The Morgan fingerprint density at radius 3 is 1.71 bits per heavy atom. The van der Waals surface area contributed by atoms with Gasteiger partial charge in [-0.3, -0.25) is 10.1 Å². The highest BCUT2D eigenvalue weighted by Crippen LogP contribution is 2.28. The summed E-state index contributed by atoms with van der Waals surface area (Å²) in [5, 5.41) is 36.9. The van der Waals surface area contributed by atoms with Gasteiger partial charge in [0.05, 0.1) is 16.3 Å². The first-order valence-corrected chi connectivity index (χ1v) is 11.7. The Bertz CT molecular complexity index is 1630. The monoisotopic (exact) mass is 501 g/mol. The number of nitro groups is 1. The fraction of sp³-hybridized carbons (Fsp3) is 0. The molecule has 38 heavy (non-hydrogen) atoms. The lowest BCUT2D eigenvalue weighted by atomic mass is 10.1. The Kier molecular flexibility index (Phi) is 5.83. The fourth-order valence-electron chi connectivity index (χ4n) is 3.99. The quantitative estimate of drug-likeness (QED) is 0.246. The van der Waals surface area contributed by atoms with E-state index in [2.05, 4.69) is 15.5 Å². The van der Waals surface area contributed by atoms with Crippen LogP contribution in [0.5, 0.6) is 0 Å². The van der Waals surface area contributed by atoms with E-state index in [4.69, 9.17) is 10.2 Å². The molecule has 184 valence electrons. The number of amidine groups is 2.